The number of hydrogen-bond acceptors (Lipinski definition) is 6. The number of anilines is 1. The minimum Gasteiger partial charge on any atom is -0.507 e. The zero-order valence-electron chi connectivity index (χ0n) is 18.6. The molecule has 3 aromatic carbocycles. The molecule has 1 aromatic heterocycles. The van der Waals surface area contributed by atoms with Gasteiger partial charge in [0.2, 0.25) is 0 Å². The number of aliphatic hydroxyl groups is 1. The van der Waals surface area contributed by atoms with Crippen LogP contribution in [0.4, 0.5) is 5.13 Å². The van der Waals surface area contributed by atoms with E-state index in [2.05, 4.69) is 4.98 Å². The van der Waals surface area contributed by atoms with E-state index in [1.807, 2.05) is 31.2 Å². The number of ether oxygens (including phenoxy) is 1. The van der Waals surface area contributed by atoms with Gasteiger partial charge in [-0.25, -0.2) is 4.98 Å². The number of fused-ring (bicyclic) bond motifs is 1. The van der Waals surface area contributed by atoms with Crippen LogP contribution in [0.1, 0.15) is 22.7 Å². The quantitative estimate of drug-likeness (QED) is 0.186. The largest absolute Gasteiger partial charge is 0.507 e. The first-order chi connectivity index (χ1) is 16.8. The van der Waals surface area contributed by atoms with Gasteiger partial charge in [0, 0.05) is 10.0 Å². The molecule has 9 heteroatoms. The molecule has 2 heterocycles. The van der Waals surface area contributed by atoms with Crippen molar-refractivity contribution in [3.05, 3.63) is 93.0 Å². The molecule has 35 heavy (non-hydrogen) atoms. The van der Waals surface area contributed by atoms with Crippen molar-refractivity contribution >= 4 is 67.3 Å². The number of hydrogen-bond donors (Lipinski definition) is 1. The monoisotopic (exact) mass is 524 g/mol. The summed E-state index contributed by atoms with van der Waals surface area (Å²) in [7, 11) is 1.45. The van der Waals surface area contributed by atoms with E-state index in [1.165, 1.54) is 29.4 Å². The minimum atomic E-state index is -0.908. The number of nitrogens with zero attached hydrogens (tertiary/aromatic N) is 2. The molecule has 5 rings (SSSR count). The zero-order valence-corrected chi connectivity index (χ0v) is 20.9. The van der Waals surface area contributed by atoms with Crippen LogP contribution in [0.15, 0.2) is 66.2 Å². The van der Waals surface area contributed by atoms with Crippen molar-refractivity contribution in [3.8, 4) is 5.75 Å². The first-order valence-corrected chi connectivity index (χ1v) is 12.1. The van der Waals surface area contributed by atoms with Crippen molar-refractivity contribution in [2.24, 2.45) is 0 Å². The second-order valence-electron chi connectivity index (χ2n) is 8.04. The maximum atomic E-state index is 13.4. The van der Waals surface area contributed by atoms with E-state index < -0.39 is 17.7 Å². The van der Waals surface area contributed by atoms with Gasteiger partial charge >= 0.3 is 5.91 Å². The van der Waals surface area contributed by atoms with Gasteiger partial charge in [0.15, 0.2) is 5.13 Å². The molecule has 0 bridgehead atoms. The predicted molar refractivity (Wildman–Crippen MR) is 139 cm³/mol. The van der Waals surface area contributed by atoms with Crippen molar-refractivity contribution in [2.45, 2.75) is 13.0 Å². The molecule has 0 radical (unpaired) electrons. The van der Waals surface area contributed by atoms with E-state index in [4.69, 9.17) is 27.9 Å². The van der Waals surface area contributed by atoms with Crippen molar-refractivity contribution < 1.29 is 19.4 Å². The third kappa shape index (κ3) is 4.05. The van der Waals surface area contributed by atoms with Crippen molar-refractivity contribution in [2.75, 3.05) is 12.0 Å². The average Bonchev–Trinajstić information content (AvgIpc) is 3.36. The number of carbonyl (C=O) groups is 2. The Morgan fingerprint density at radius 3 is 2.54 bits per heavy atom. The van der Waals surface area contributed by atoms with Crippen LogP contribution in [0.2, 0.25) is 10.0 Å². The lowest BCUT2D eigenvalue weighted by molar-refractivity contribution is -0.132. The molecule has 1 aliphatic heterocycles. The van der Waals surface area contributed by atoms with Crippen LogP contribution < -0.4 is 9.64 Å². The van der Waals surface area contributed by atoms with Gasteiger partial charge in [-0.3, -0.25) is 14.5 Å². The second-order valence-corrected chi connectivity index (χ2v) is 9.92. The smallest absolute Gasteiger partial charge is 0.301 e. The van der Waals surface area contributed by atoms with Gasteiger partial charge in [0.1, 0.15) is 11.5 Å². The number of halogens is 2. The highest BCUT2D eigenvalue weighted by molar-refractivity contribution is 7.22. The van der Waals surface area contributed by atoms with Gasteiger partial charge in [0.25, 0.3) is 5.78 Å². The number of aryl methyl sites for hydroxylation is 1. The number of methoxy groups -OCH3 is 1. The Balaban J connectivity index is 1.77. The first-order valence-electron chi connectivity index (χ1n) is 10.6. The zero-order chi connectivity index (χ0) is 24.9. The van der Waals surface area contributed by atoms with Crippen LogP contribution in [0.3, 0.4) is 0 Å². The number of aromatic nitrogens is 1. The van der Waals surface area contributed by atoms with E-state index in [0.29, 0.717) is 32.0 Å². The Hall–Kier alpha value is -3.39. The number of thiazole rings is 1. The topological polar surface area (TPSA) is 79.7 Å². The van der Waals surface area contributed by atoms with E-state index in [9.17, 15) is 14.7 Å². The fourth-order valence-electron chi connectivity index (χ4n) is 4.19. The second kappa shape index (κ2) is 9.00. The number of amides is 1. The van der Waals surface area contributed by atoms with E-state index in [-0.39, 0.29) is 16.9 Å². The number of ketones is 1. The van der Waals surface area contributed by atoms with Gasteiger partial charge in [0.05, 0.1) is 34.5 Å². The summed E-state index contributed by atoms with van der Waals surface area (Å²) in [5.41, 5.74) is 2.38. The number of Topliss-reactive ketones (excluding diaryl/α,β-unsaturated/α-hetero) is 1. The van der Waals surface area contributed by atoms with E-state index in [1.54, 1.807) is 30.3 Å². The van der Waals surface area contributed by atoms with Crippen LogP contribution in [0.25, 0.3) is 16.0 Å². The average molecular weight is 525 g/mol. The third-order valence-corrected chi connectivity index (χ3v) is 7.25. The summed E-state index contributed by atoms with van der Waals surface area (Å²) in [5, 5.41) is 12.6. The van der Waals surface area contributed by atoms with Crippen LogP contribution in [-0.2, 0) is 9.59 Å². The summed E-state index contributed by atoms with van der Waals surface area (Å²) < 4.78 is 6.15. The third-order valence-electron chi connectivity index (χ3n) is 5.76. The van der Waals surface area contributed by atoms with Gasteiger partial charge in [-0.05, 0) is 48.9 Å². The van der Waals surface area contributed by atoms with Crippen LogP contribution in [0.5, 0.6) is 5.75 Å². The Kier molecular flexibility index (Phi) is 6.01. The van der Waals surface area contributed by atoms with Gasteiger partial charge in [-0.1, -0.05) is 64.4 Å². The van der Waals surface area contributed by atoms with Crippen LogP contribution in [-0.4, -0.2) is 28.9 Å². The number of carbonyl (C=O) groups excluding carboxylic acids is 2. The highest BCUT2D eigenvalue weighted by Gasteiger charge is 2.48. The Bertz CT molecular complexity index is 1550. The number of benzene rings is 3. The summed E-state index contributed by atoms with van der Waals surface area (Å²) in [6, 6.07) is 16.4. The Morgan fingerprint density at radius 2 is 1.80 bits per heavy atom. The molecular weight excluding hydrogens is 507 g/mol. The lowest BCUT2D eigenvalue weighted by atomic mass is 9.94. The maximum Gasteiger partial charge on any atom is 0.301 e. The summed E-state index contributed by atoms with van der Waals surface area (Å²) >= 11 is 13.6. The van der Waals surface area contributed by atoms with Gasteiger partial charge in [-0.2, -0.15) is 0 Å². The fourth-order valence-corrected chi connectivity index (χ4v) is 5.63. The Morgan fingerprint density at radius 1 is 1.06 bits per heavy atom. The summed E-state index contributed by atoms with van der Waals surface area (Å²) in [6.45, 7) is 1.91. The van der Waals surface area contributed by atoms with Gasteiger partial charge in [-0.15, -0.1) is 0 Å². The number of aliphatic hydroxyl groups excluding tert-OH is 1. The van der Waals surface area contributed by atoms with E-state index >= 15 is 0 Å². The molecule has 1 N–H and O–H groups in total. The van der Waals surface area contributed by atoms with Crippen LogP contribution in [0, 0.1) is 6.92 Å². The summed E-state index contributed by atoms with van der Waals surface area (Å²) in [4.78, 5) is 32.7. The lowest BCUT2D eigenvalue weighted by Gasteiger charge is -2.23. The minimum absolute atomic E-state index is 0.0709. The summed E-state index contributed by atoms with van der Waals surface area (Å²) in [5.74, 6) is -1.67. The molecule has 176 valence electrons. The number of rotatable bonds is 4. The van der Waals surface area contributed by atoms with E-state index in [0.717, 1.165) is 10.3 Å². The molecule has 0 aliphatic carbocycles. The van der Waals surface area contributed by atoms with Crippen molar-refractivity contribution in [1.29, 1.82) is 0 Å². The molecule has 0 saturated carbocycles. The first kappa shape index (κ1) is 23.4. The lowest BCUT2D eigenvalue weighted by Crippen LogP contribution is -2.29. The van der Waals surface area contributed by atoms with Gasteiger partial charge < -0.3 is 9.84 Å². The maximum absolute atomic E-state index is 13.4. The SMILES string of the molecule is COc1ccc(Cl)cc1/C(O)=C1\C(=O)C(=O)N(c2nc3ccc(Cl)cc3s2)C1c1cccc(C)c1. The molecule has 1 atom stereocenters. The molecule has 1 amide bonds. The van der Waals surface area contributed by atoms with Crippen molar-refractivity contribution in [3.63, 3.8) is 0 Å². The normalized spacial score (nSPS) is 17.4. The molecule has 1 aliphatic rings. The highest BCUT2D eigenvalue weighted by atomic mass is 35.5. The fraction of sp³-hybridized carbons (Fsp3) is 0.115. The molecule has 1 fully saturated rings. The molecule has 4 aromatic rings. The standard InChI is InChI=1S/C26H18Cl2N2O4S/c1-13-4-3-5-14(10-13)22-21(23(31)17-11-15(27)7-9-19(17)34-2)24(32)25(33)30(22)26-29-18-8-6-16(28)12-20(18)35-26/h3-12,22,31H,1-2H3/b23-21+. The molecular formula is C26H18Cl2N2O4S. The predicted octanol–water partition coefficient (Wildman–Crippen LogP) is 6.55. The Labute approximate surface area is 215 Å². The van der Waals surface area contributed by atoms with Crippen molar-refractivity contribution in [1.82, 2.24) is 4.98 Å². The van der Waals surface area contributed by atoms with Crippen LogP contribution >= 0.6 is 34.5 Å². The summed E-state index contributed by atoms with van der Waals surface area (Å²) in [6.07, 6.45) is 0. The molecule has 6 nitrogen and oxygen atoms in total. The molecule has 0 spiro atoms. The molecule has 1 saturated heterocycles. The highest BCUT2D eigenvalue weighted by Crippen LogP contribution is 2.45. The molecule has 1 unspecified atom stereocenters.